The van der Waals surface area contributed by atoms with Crippen molar-refractivity contribution < 1.29 is 0 Å². The maximum Gasteiger partial charge on any atom is 0.0482 e. The van der Waals surface area contributed by atoms with E-state index in [4.69, 9.17) is 5.73 Å². The minimum absolute atomic E-state index is 0.269. The minimum atomic E-state index is 0.269. The Morgan fingerprint density at radius 3 is 2.82 bits per heavy atom. The van der Waals surface area contributed by atoms with E-state index in [0.29, 0.717) is 6.54 Å². The van der Waals surface area contributed by atoms with E-state index in [-0.39, 0.29) is 5.25 Å². The van der Waals surface area contributed by atoms with Crippen molar-refractivity contribution in [2.45, 2.75) is 17.1 Å². The fourth-order valence-corrected chi connectivity index (χ4v) is 2.78. The monoisotopic (exact) mass is 244 g/mol. The highest BCUT2D eigenvalue weighted by Crippen LogP contribution is 2.34. The van der Waals surface area contributed by atoms with Crippen LogP contribution in [0.4, 0.5) is 0 Å². The van der Waals surface area contributed by atoms with Gasteiger partial charge in [-0.1, -0.05) is 23.8 Å². The molecule has 2 rings (SSSR count). The zero-order valence-electron chi connectivity index (χ0n) is 9.84. The lowest BCUT2D eigenvalue weighted by atomic mass is 10.2. The Bertz CT molecular complexity index is 471. The van der Waals surface area contributed by atoms with E-state index in [1.54, 1.807) is 18.0 Å². The Balaban J connectivity index is 2.16. The molecule has 1 atom stereocenters. The number of aromatic nitrogens is 1. The van der Waals surface area contributed by atoms with E-state index in [1.165, 1.54) is 16.0 Å². The second-order valence-electron chi connectivity index (χ2n) is 3.95. The third-order valence-corrected chi connectivity index (χ3v) is 3.81. The van der Waals surface area contributed by atoms with Crippen LogP contribution in [0, 0.1) is 6.92 Å². The average molecular weight is 244 g/mol. The van der Waals surface area contributed by atoms with Crippen LogP contribution >= 0.6 is 11.8 Å². The van der Waals surface area contributed by atoms with Gasteiger partial charge in [-0.25, -0.2) is 0 Å². The zero-order chi connectivity index (χ0) is 12.1. The van der Waals surface area contributed by atoms with Gasteiger partial charge >= 0.3 is 0 Å². The van der Waals surface area contributed by atoms with Crippen LogP contribution in [-0.4, -0.2) is 11.5 Å². The molecule has 0 aliphatic rings. The van der Waals surface area contributed by atoms with Crippen LogP contribution in [0.3, 0.4) is 0 Å². The summed E-state index contributed by atoms with van der Waals surface area (Å²) in [4.78, 5) is 5.40. The Hall–Kier alpha value is -1.32. The van der Waals surface area contributed by atoms with Crippen LogP contribution < -0.4 is 5.73 Å². The molecule has 88 valence electrons. The number of hydrogen-bond acceptors (Lipinski definition) is 3. The number of pyridine rings is 1. The van der Waals surface area contributed by atoms with Gasteiger partial charge in [0.2, 0.25) is 0 Å². The third kappa shape index (κ3) is 3.32. The second kappa shape index (κ2) is 5.84. The van der Waals surface area contributed by atoms with E-state index in [1.807, 2.05) is 12.3 Å². The molecule has 1 heterocycles. The Labute approximate surface area is 106 Å². The van der Waals surface area contributed by atoms with Gasteiger partial charge < -0.3 is 5.73 Å². The van der Waals surface area contributed by atoms with Crippen molar-refractivity contribution in [3.05, 3.63) is 59.9 Å². The molecule has 0 saturated carbocycles. The molecule has 17 heavy (non-hydrogen) atoms. The zero-order valence-corrected chi connectivity index (χ0v) is 10.7. The molecule has 2 N–H and O–H groups in total. The van der Waals surface area contributed by atoms with E-state index >= 15 is 0 Å². The van der Waals surface area contributed by atoms with Crippen LogP contribution in [0.25, 0.3) is 0 Å². The predicted molar refractivity (Wildman–Crippen MR) is 73.1 cm³/mol. The summed E-state index contributed by atoms with van der Waals surface area (Å²) in [6.07, 6.45) is 3.68. The first-order valence-corrected chi connectivity index (χ1v) is 6.51. The summed E-state index contributed by atoms with van der Waals surface area (Å²) in [7, 11) is 0. The summed E-state index contributed by atoms with van der Waals surface area (Å²) >= 11 is 1.79. The normalized spacial score (nSPS) is 12.4. The third-order valence-electron chi connectivity index (χ3n) is 2.54. The summed E-state index contributed by atoms with van der Waals surface area (Å²) in [6, 6.07) is 12.5. The number of rotatable bonds is 4. The van der Waals surface area contributed by atoms with Gasteiger partial charge in [0.15, 0.2) is 0 Å². The summed E-state index contributed by atoms with van der Waals surface area (Å²) < 4.78 is 0. The topological polar surface area (TPSA) is 38.9 Å². The molecule has 0 radical (unpaired) electrons. The Kier molecular flexibility index (Phi) is 4.18. The van der Waals surface area contributed by atoms with E-state index in [0.717, 1.165) is 0 Å². The van der Waals surface area contributed by atoms with Crippen LogP contribution in [0.1, 0.15) is 16.4 Å². The highest BCUT2D eigenvalue weighted by molar-refractivity contribution is 7.99. The fourth-order valence-electron chi connectivity index (χ4n) is 1.67. The SMILES string of the molecule is Cc1cccc(SC(CN)c2cccnc2)c1. The van der Waals surface area contributed by atoms with E-state index < -0.39 is 0 Å². The second-order valence-corrected chi connectivity index (χ2v) is 5.22. The van der Waals surface area contributed by atoms with Gasteiger partial charge in [0, 0.05) is 29.1 Å². The number of aryl methyl sites for hydroxylation is 1. The Morgan fingerprint density at radius 1 is 1.29 bits per heavy atom. The van der Waals surface area contributed by atoms with Crippen molar-refractivity contribution >= 4 is 11.8 Å². The van der Waals surface area contributed by atoms with Gasteiger partial charge in [0.1, 0.15) is 0 Å². The smallest absolute Gasteiger partial charge is 0.0482 e. The van der Waals surface area contributed by atoms with Crippen molar-refractivity contribution in [2.24, 2.45) is 5.73 Å². The lowest BCUT2D eigenvalue weighted by Crippen LogP contribution is -2.09. The molecule has 3 heteroatoms. The molecule has 0 aliphatic carbocycles. The largest absolute Gasteiger partial charge is 0.329 e. The fraction of sp³-hybridized carbons (Fsp3) is 0.214. The van der Waals surface area contributed by atoms with Crippen molar-refractivity contribution in [3.8, 4) is 0 Å². The highest BCUT2D eigenvalue weighted by Gasteiger charge is 2.11. The molecule has 2 aromatic rings. The van der Waals surface area contributed by atoms with Crippen LogP contribution in [0.5, 0.6) is 0 Å². The van der Waals surface area contributed by atoms with Gasteiger partial charge in [-0.05, 0) is 30.7 Å². The maximum absolute atomic E-state index is 5.84. The van der Waals surface area contributed by atoms with Crippen LogP contribution in [0.2, 0.25) is 0 Å². The summed E-state index contributed by atoms with van der Waals surface area (Å²) in [5.74, 6) is 0. The van der Waals surface area contributed by atoms with Crippen molar-refractivity contribution in [2.75, 3.05) is 6.54 Å². The predicted octanol–water partition coefficient (Wildman–Crippen LogP) is 3.18. The van der Waals surface area contributed by atoms with Crippen molar-refractivity contribution in [1.82, 2.24) is 4.98 Å². The molecule has 0 bridgehead atoms. The van der Waals surface area contributed by atoms with Gasteiger partial charge in [-0.2, -0.15) is 0 Å². The number of hydrogen-bond donors (Lipinski definition) is 1. The summed E-state index contributed by atoms with van der Waals surface area (Å²) in [6.45, 7) is 2.72. The quantitative estimate of drug-likeness (QED) is 0.840. The van der Waals surface area contributed by atoms with Crippen LogP contribution in [0.15, 0.2) is 53.7 Å². The Morgan fingerprint density at radius 2 is 2.18 bits per heavy atom. The number of nitrogens with zero attached hydrogens (tertiary/aromatic N) is 1. The first kappa shape index (κ1) is 12.1. The lowest BCUT2D eigenvalue weighted by molar-refractivity contribution is 0.931. The molecule has 1 unspecified atom stereocenters. The van der Waals surface area contributed by atoms with Gasteiger partial charge in [0.25, 0.3) is 0 Å². The molecular formula is C14H16N2S. The maximum atomic E-state index is 5.84. The van der Waals surface area contributed by atoms with Gasteiger partial charge in [-0.15, -0.1) is 11.8 Å². The number of nitrogens with two attached hydrogens (primary N) is 1. The summed E-state index contributed by atoms with van der Waals surface area (Å²) in [5, 5.41) is 0.269. The molecule has 1 aromatic heterocycles. The van der Waals surface area contributed by atoms with Crippen molar-refractivity contribution in [3.63, 3.8) is 0 Å². The van der Waals surface area contributed by atoms with Gasteiger partial charge in [-0.3, -0.25) is 4.98 Å². The molecule has 0 spiro atoms. The molecular weight excluding hydrogens is 228 g/mol. The first-order chi connectivity index (χ1) is 8.29. The minimum Gasteiger partial charge on any atom is -0.329 e. The van der Waals surface area contributed by atoms with E-state index in [9.17, 15) is 0 Å². The molecule has 0 saturated heterocycles. The summed E-state index contributed by atoms with van der Waals surface area (Å²) in [5.41, 5.74) is 8.30. The molecule has 1 aromatic carbocycles. The van der Waals surface area contributed by atoms with Crippen molar-refractivity contribution in [1.29, 1.82) is 0 Å². The first-order valence-electron chi connectivity index (χ1n) is 5.63. The van der Waals surface area contributed by atoms with Gasteiger partial charge in [0.05, 0.1) is 0 Å². The van der Waals surface area contributed by atoms with E-state index in [2.05, 4.69) is 42.2 Å². The standard InChI is InChI=1S/C14H16N2S/c1-11-4-2-6-13(8-11)17-14(9-15)12-5-3-7-16-10-12/h2-8,10,14H,9,15H2,1H3. The average Bonchev–Trinajstić information content (AvgIpc) is 2.37. The van der Waals surface area contributed by atoms with Crippen LogP contribution in [-0.2, 0) is 0 Å². The number of thioether (sulfide) groups is 1. The highest BCUT2D eigenvalue weighted by atomic mass is 32.2. The molecule has 0 amide bonds. The number of benzene rings is 1. The molecule has 2 nitrogen and oxygen atoms in total. The lowest BCUT2D eigenvalue weighted by Gasteiger charge is -2.14. The molecule has 0 aliphatic heterocycles. The molecule has 0 fully saturated rings.